The molecule has 0 radical (unpaired) electrons. The number of amides is 1. The van der Waals surface area contributed by atoms with Gasteiger partial charge >= 0.3 is 0 Å². The number of carbonyl (C=O) groups is 1. The number of aryl methyl sites for hydroxylation is 2. The van der Waals surface area contributed by atoms with E-state index in [4.69, 9.17) is 0 Å². The Morgan fingerprint density at radius 1 is 1.03 bits per heavy atom. The lowest BCUT2D eigenvalue weighted by atomic mass is 10.1. The van der Waals surface area contributed by atoms with Crippen LogP contribution in [0.1, 0.15) is 23.1 Å². The molecule has 6 nitrogen and oxygen atoms in total. The third-order valence-corrected chi connectivity index (χ3v) is 6.47. The molecule has 0 fully saturated rings. The average Bonchev–Trinajstić information content (AvgIpc) is 2.67. The van der Waals surface area contributed by atoms with Crippen molar-refractivity contribution in [1.82, 2.24) is 14.9 Å². The number of nitrogens with zero attached hydrogens (tertiary/aromatic N) is 1. The standard InChI is InChI=1S/C22H31N3O3S/c1-17-10-11-21(14-18(17)2)29(27,28)24-13-12-22(26)23-16-20(25(3)4)15-19-8-6-5-7-9-19/h5-11,14,20,24H,12-13,15-16H2,1-4H3,(H,23,26). The van der Waals surface area contributed by atoms with Crippen molar-refractivity contribution < 1.29 is 13.2 Å². The molecule has 0 aliphatic carbocycles. The van der Waals surface area contributed by atoms with Gasteiger partial charge in [-0.2, -0.15) is 0 Å². The summed E-state index contributed by atoms with van der Waals surface area (Å²) >= 11 is 0. The maximum absolute atomic E-state index is 12.4. The molecule has 0 heterocycles. The number of nitrogens with one attached hydrogen (secondary N) is 2. The number of benzene rings is 2. The fourth-order valence-corrected chi connectivity index (χ4v) is 4.02. The lowest BCUT2D eigenvalue weighted by Crippen LogP contribution is -2.42. The molecule has 2 aromatic rings. The normalized spacial score (nSPS) is 12.7. The van der Waals surface area contributed by atoms with Gasteiger partial charge in [0.05, 0.1) is 4.90 Å². The van der Waals surface area contributed by atoms with Gasteiger partial charge in [-0.25, -0.2) is 13.1 Å². The number of carbonyl (C=O) groups excluding carboxylic acids is 1. The first-order valence-corrected chi connectivity index (χ1v) is 11.2. The summed E-state index contributed by atoms with van der Waals surface area (Å²) in [5.41, 5.74) is 3.16. The van der Waals surface area contributed by atoms with Crippen LogP contribution < -0.4 is 10.0 Å². The molecule has 2 rings (SSSR count). The van der Waals surface area contributed by atoms with Crippen molar-refractivity contribution in [2.45, 2.75) is 37.6 Å². The first kappa shape index (κ1) is 23.1. The van der Waals surface area contributed by atoms with Crippen LogP contribution in [0.5, 0.6) is 0 Å². The van der Waals surface area contributed by atoms with E-state index in [0.717, 1.165) is 17.5 Å². The summed E-state index contributed by atoms with van der Waals surface area (Å²) in [6.45, 7) is 4.37. The highest BCUT2D eigenvalue weighted by molar-refractivity contribution is 7.89. The summed E-state index contributed by atoms with van der Waals surface area (Å²) in [7, 11) is 0.348. The maximum Gasteiger partial charge on any atom is 0.240 e. The van der Waals surface area contributed by atoms with E-state index in [1.165, 1.54) is 5.56 Å². The predicted octanol–water partition coefficient (Wildman–Crippen LogP) is 2.26. The minimum Gasteiger partial charge on any atom is -0.354 e. The molecule has 0 spiro atoms. The fraction of sp³-hybridized carbons (Fsp3) is 0.409. The first-order valence-electron chi connectivity index (χ1n) is 9.73. The zero-order chi connectivity index (χ0) is 21.4. The molecule has 7 heteroatoms. The molecule has 158 valence electrons. The third kappa shape index (κ3) is 7.27. The zero-order valence-electron chi connectivity index (χ0n) is 17.6. The van der Waals surface area contributed by atoms with Gasteiger partial charge in [0.2, 0.25) is 15.9 Å². The Hall–Kier alpha value is -2.22. The lowest BCUT2D eigenvalue weighted by Gasteiger charge is -2.24. The molecule has 2 aromatic carbocycles. The molecule has 29 heavy (non-hydrogen) atoms. The van der Waals surface area contributed by atoms with E-state index in [-0.39, 0.29) is 29.8 Å². The molecule has 1 amide bonds. The quantitative estimate of drug-likeness (QED) is 0.622. The Balaban J connectivity index is 1.81. The van der Waals surface area contributed by atoms with Gasteiger partial charge < -0.3 is 10.2 Å². The molecule has 1 atom stereocenters. The second-order valence-corrected chi connectivity index (χ2v) is 9.27. The molecule has 0 aliphatic heterocycles. The number of sulfonamides is 1. The van der Waals surface area contributed by atoms with Crippen LogP contribution in [0.3, 0.4) is 0 Å². The SMILES string of the molecule is Cc1ccc(S(=O)(=O)NCCC(=O)NCC(Cc2ccccc2)N(C)C)cc1C. The second kappa shape index (κ2) is 10.5. The van der Waals surface area contributed by atoms with Gasteiger partial charge in [0.1, 0.15) is 0 Å². The van der Waals surface area contributed by atoms with Crippen molar-refractivity contribution >= 4 is 15.9 Å². The van der Waals surface area contributed by atoms with Gasteiger partial charge in [0, 0.05) is 25.6 Å². The first-order chi connectivity index (χ1) is 13.7. The van der Waals surface area contributed by atoms with E-state index in [9.17, 15) is 13.2 Å². The van der Waals surface area contributed by atoms with E-state index in [1.54, 1.807) is 18.2 Å². The van der Waals surface area contributed by atoms with Crippen LogP contribution >= 0.6 is 0 Å². The van der Waals surface area contributed by atoms with Crippen molar-refractivity contribution in [3.05, 3.63) is 65.2 Å². The van der Waals surface area contributed by atoms with Gasteiger partial charge in [0.25, 0.3) is 0 Å². The summed E-state index contributed by atoms with van der Waals surface area (Å²) < 4.78 is 27.3. The average molecular weight is 418 g/mol. The Morgan fingerprint density at radius 2 is 1.72 bits per heavy atom. The number of likely N-dealkylation sites (N-methyl/N-ethyl adjacent to an activating group) is 1. The molecule has 0 bridgehead atoms. The Morgan fingerprint density at radius 3 is 2.34 bits per heavy atom. The van der Waals surface area contributed by atoms with Gasteiger partial charge in [0.15, 0.2) is 0 Å². The van der Waals surface area contributed by atoms with E-state index in [2.05, 4.69) is 27.1 Å². The summed E-state index contributed by atoms with van der Waals surface area (Å²) in [6, 6.07) is 15.3. The van der Waals surface area contributed by atoms with Crippen molar-refractivity contribution in [2.75, 3.05) is 27.2 Å². The monoisotopic (exact) mass is 417 g/mol. The Labute approximate surface area is 174 Å². The van der Waals surface area contributed by atoms with Gasteiger partial charge in [-0.1, -0.05) is 36.4 Å². The van der Waals surface area contributed by atoms with Crippen LogP contribution in [0.15, 0.2) is 53.4 Å². The van der Waals surface area contributed by atoms with E-state index < -0.39 is 10.0 Å². The number of hydrogen-bond acceptors (Lipinski definition) is 4. The number of hydrogen-bond donors (Lipinski definition) is 2. The van der Waals surface area contributed by atoms with Crippen LogP contribution in [0.25, 0.3) is 0 Å². The van der Waals surface area contributed by atoms with E-state index in [0.29, 0.717) is 6.54 Å². The molecule has 0 aliphatic rings. The van der Waals surface area contributed by atoms with Gasteiger partial charge in [-0.15, -0.1) is 0 Å². The van der Waals surface area contributed by atoms with E-state index >= 15 is 0 Å². The lowest BCUT2D eigenvalue weighted by molar-refractivity contribution is -0.121. The molecule has 0 saturated carbocycles. The molecular formula is C22H31N3O3S. The minimum atomic E-state index is -3.62. The van der Waals surface area contributed by atoms with Crippen LogP contribution in [0.2, 0.25) is 0 Å². The summed E-state index contributed by atoms with van der Waals surface area (Å²) in [5.74, 6) is -0.173. The smallest absolute Gasteiger partial charge is 0.240 e. The third-order valence-electron chi connectivity index (χ3n) is 5.01. The fourth-order valence-electron chi connectivity index (χ4n) is 2.91. The summed E-state index contributed by atoms with van der Waals surface area (Å²) in [4.78, 5) is 14.5. The highest BCUT2D eigenvalue weighted by Crippen LogP contribution is 2.14. The van der Waals surface area contributed by atoms with E-state index in [1.807, 2.05) is 46.1 Å². The Kier molecular flexibility index (Phi) is 8.37. The molecule has 0 aromatic heterocycles. The topological polar surface area (TPSA) is 78.5 Å². The molecule has 0 saturated heterocycles. The van der Waals surface area contributed by atoms with Crippen molar-refractivity contribution in [1.29, 1.82) is 0 Å². The van der Waals surface area contributed by atoms with Crippen molar-refractivity contribution in [3.8, 4) is 0 Å². The molecule has 2 N–H and O–H groups in total. The van der Waals surface area contributed by atoms with Crippen LogP contribution in [-0.4, -0.2) is 52.5 Å². The second-order valence-electron chi connectivity index (χ2n) is 7.51. The van der Waals surface area contributed by atoms with Crippen LogP contribution in [-0.2, 0) is 21.2 Å². The maximum atomic E-state index is 12.4. The largest absolute Gasteiger partial charge is 0.354 e. The van der Waals surface area contributed by atoms with Crippen molar-refractivity contribution in [3.63, 3.8) is 0 Å². The molecule has 1 unspecified atom stereocenters. The zero-order valence-corrected chi connectivity index (χ0v) is 18.4. The number of rotatable bonds is 10. The van der Waals surface area contributed by atoms with Crippen LogP contribution in [0.4, 0.5) is 0 Å². The summed E-state index contributed by atoms with van der Waals surface area (Å²) in [6.07, 6.45) is 0.920. The molecular weight excluding hydrogens is 386 g/mol. The summed E-state index contributed by atoms with van der Waals surface area (Å²) in [5, 5.41) is 2.91. The van der Waals surface area contributed by atoms with Gasteiger partial charge in [-0.05, 0) is 63.2 Å². The highest BCUT2D eigenvalue weighted by atomic mass is 32.2. The predicted molar refractivity (Wildman–Crippen MR) is 116 cm³/mol. The minimum absolute atomic E-state index is 0.0619. The van der Waals surface area contributed by atoms with Crippen LogP contribution in [0, 0.1) is 13.8 Å². The highest BCUT2D eigenvalue weighted by Gasteiger charge is 2.16. The van der Waals surface area contributed by atoms with Crippen molar-refractivity contribution in [2.24, 2.45) is 0 Å². The van der Waals surface area contributed by atoms with Gasteiger partial charge in [-0.3, -0.25) is 4.79 Å². The Bertz CT molecular complexity index is 912.